The molecule has 2 heterocycles. The van der Waals surface area contributed by atoms with Gasteiger partial charge in [-0.3, -0.25) is 4.90 Å². The summed E-state index contributed by atoms with van der Waals surface area (Å²) in [7, 11) is 3.09. The molecule has 1 aromatic heterocycles. The number of piperazine rings is 1. The molecule has 7 nitrogen and oxygen atoms in total. The van der Waals surface area contributed by atoms with Gasteiger partial charge in [0.2, 0.25) is 0 Å². The standard InChI is InChI=1S/C19H24N4O3/c1-20-19(24)26-16-7-6-15(13-17(16)25-2)14-22-9-11-23(12-10-22)18-5-3-4-8-21-18/h3-8,13H,9-12,14H2,1-2H3,(H,20,24). The molecule has 1 aromatic carbocycles. The van der Waals surface area contributed by atoms with Crippen LogP contribution in [0.1, 0.15) is 5.56 Å². The molecule has 1 aliphatic rings. The number of carbonyl (C=O) groups excluding carboxylic acids is 1. The normalized spacial score (nSPS) is 14.8. The Morgan fingerprint density at radius 2 is 1.96 bits per heavy atom. The third-order valence-electron chi connectivity index (χ3n) is 4.39. The third kappa shape index (κ3) is 4.43. The maximum Gasteiger partial charge on any atom is 0.412 e. The largest absolute Gasteiger partial charge is 0.493 e. The quantitative estimate of drug-likeness (QED) is 0.885. The van der Waals surface area contributed by atoms with E-state index in [1.54, 1.807) is 13.2 Å². The van der Waals surface area contributed by atoms with E-state index in [2.05, 4.69) is 20.1 Å². The van der Waals surface area contributed by atoms with Gasteiger partial charge in [-0.2, -0.15) is 0 Å². The second-order valence-electron chi connectivity index (χ2n) is 6.08. The van der Waals surface area contributed by atoms with Crippen molar-refractivity contribution in [1.82, 2.24) is 15.2 Å². The molecule has 0 bridgehead atoms. The fourth-order valence-electron chi connectivity index (χ4n) is 2.98. The molecule has 1 aliphatic heterocycles. The van der Waals surface area contributed by atoms with Gasteiger partial charge in [-0.25, -0.2) is 9.78 Å². The minimum atomic E-state index is -0.512. The number of methoxy groups -OCH3 is 1. The maximum absolute atomic E-state index is 11.4. The van der Waals surface area contributed by atoms with Crippen LogP contribution in [0.2, 0.25) is 0 Å². The number of ether oxygens (including phenoxy) is 2. The highest BCUT2D eigenvalue weighted by atomic mass is 16.6. The number of aromatic nitrogens is 1. The third-order valence-corrected chi connectivity index (χ3v) is 4.39. The van der Waals surface area contributed by atoms with Gasteiger partial charge in [0.15, 0.2) is 11.5 Å². The second kappa shape index (κ2) is 8.53. The van der Waals surface area contributed by atoms with Crippen LogP contribution in [0.3, 0.4) is 0 Å². The smallest absolute Gasteiger partial charge is 0.412 e. The second-order valence-corrected chi connectivity index (χ2v) is 6.08. The van der Waals surface area contributed by atoms with Crippen molar-refractivity contribution in [2.75, 3.05) is 45.2 Å². The lowest BCUT2D eigenvalue weighted by atomic mass is 10.1. The zero-order valence-electron chi connectivity index (χ0n) is 15.1. The van der Waals surface area contributed by atoms with E-state index in [9.17, 15) is 4.79 Å². The molecule has 0 aliphatic carbocycles. The van der Waals surface area contributed by atoms with E-state index < -0.39 is 6.09 Å². The molecular weight excluding hydrogens is 332 g/mol. The number of amides is 1. The Bertz CT molecular complexity index is 731. The monoisotopic (exact) mass is 356 g/mol. The highest BCUT2D eigenvalue weighted by molar-refractivity contribution is 5.71. The van der Waals surface area contributed by atoms with E-state index in [0.29, 0.717) is 11.5 Å². The minimum absolute atomic E-state index is 0.413. The molecular formula is C19H24N4O3. The molecule has 1 saturated heterocycles. The van der Waals surface area contributed by atoms with Crippen LogP contribution in [0.4, 0.5) is 10.6 Å². The molecule has 3 rings (SSSR count). The van der Waals surface area contributed by atoms with Crippen LogP contribution in [0.25, 0.3) is 0 Å². The zero-order chi connectivity index (χ0) is 18.4. The van der Waals surface area contributed by atoms with E-state index in [1.807, 2.05) is 36.5 Å². The summed E-state index contributed by atoms with van der Waals surface area (Å²) >= 11 is 0. The Balaban J connectivity index is 1.59. The number of anilines is 1. The fourth-order valence-corrected chi connectivity index (χ4v) is 2.98. The number of rotatable bonds is 5. The lowest BCUT2D eigenvalue weighted by Gasteiger charge is -2.35. The molecule has 0 unspecified atom stereocenters. The summed E-state index contributed by atoms with van der Waals surface area (Å²) in [6, 6.07) is 11.7. The summed E-state index contributed by atoms with van der Waals surface area (Å²) in [6.07, 6.45) is 1.32. The van der Waals surface area contributed by atoms with Crippen LogP contribution < -0.4 is 19.7 Å². The Morgan fingerprint density at radius 3 is 2.62 bits per heavy atom. The average Bonchev–Trinajstić information content (AvgIpc) is 2.70. The average molecular weight is 356 g/mol. The molecule has 7 heteroatoms. The molecule has 1 amide bonds. The van der Waals surface area contributed by atoms with Gasteiger partial charge >= 0.3 is 6.09 Å². The van der Waals surface area contributed by atoms with Crippen molar-refractivity contribution in [2.24, 2.45) is 0 Å². The minimum Gasteiger partial charge on any atom is -0.493 e. The first kappa shape index (κ1) is 18.0. The van der Waals surface area contributed by atoms with Gasteiger partial charge < -0.3 is 19.7 Å². The van der Waals surface area contributed by atoms with Gasteiger partial charge in [-0.1, -0.05) is 12.1 Å². The predicted octanol–water partition coefficient (Wildman–Crippen LogP) is 2.13. The maximum atomic E-state index is 11.4. The number of hydrogen-bond donors (Lipinski definition) is 1. The molecule has 0 spiro atoms. The fraction of sp³-hybridized carbons (Fsp3) is 0.368. The summed E-state index contributed by atoms with van der Waals surface area (Å²) in [5.74, 6) is 2.00. The van der Waals surface area contributed by atoms with Gasteiger partial charge in [-0.15, -0.1) is 0 Å². The Morgan fingerprint density at radius 1 is 1.15 bits per heavy atom. The van der Waals surface area contributed by atoms with Crippen molar-refractivity contribution >= 4 is 11.9 Å². The van der Waals surface area contributed by atoms with Gasteiger partial charge in [0.25, 0.3) is 0 Å². The molecule has 0 radical (unpaired) electrons. The van der Waals surface area contributed by atoms with Gasteiger partial charge in [-0.05, 0) is 29.8 Å². The number of nitrogens with one attached hydrogen (secondary N) is 1. The van der Waals surface area contributed by atoms with Gasteiger partial charge in [0.1, 0.15) is 5.82 Å². The molecule has 26 heavy (non-hydrogen) atoms. The van der Waals surface area contributed by atoms with Crippen LogP contribution in [0.15, 0.2) is 42.6 Å². The summed E-state index contributed by atoms with van der Waals surface area (Å²) in [6.45, 7) is 4.66. The number of pyridine rings is 1. The van der Waals surface area contributed by atoms with Gasteiger partial charge in [0, 0.05) is 46.0 Å². The molecule has 1 fully saturated rings. The van der Waals surface area contributed by atoms with Crippen molar-refractivity contribution in [3.05, 3.63) is 48.2 Å². The topological polar surface area (TPSA) is 66.9 Å². The van der Waals surface area contributed by atoms with Crippen LogP contribution in [0, 0.1) is 0 Å². The first-order valence-corrected chi connectivity index (χ1v) is 8.64. The first-order chi connectivity index (χ1) is 12.7. The Labute approximate surface area is 153 Å². The predicted molar refractivity (Wildman–Crippen MR) is 99.8 cm³/mol. The molecule has 1 N–H and O–H groups in total. The summed E-state index contributed by atoms with van der Waals surface area (Å²) in [4.78, 5) is 20.5. The summed E-state index contributed by atoms with van der Waals surface area (Å²) in [5.41, 5.74) is 1.12. The Kier molecular flexibility index (Phi) is 5.91. The number of hydrogen-bond acceptors (Lipinski definition) is 6. The highest BCUT2D eigenvalue weighted by Crippen LogP contribution is 2.29. The Hall–Kier alpha value is -2.80. The van der Waals surface area contributed by atoms with Crippen LogP contribution >= 0.6 is 0 Å². The van der Waals surface area contributed by atoms with Crippen molar-refractivity contribution in [3.63, 3.8) is 0 Å². The van der Waals surface area contributed by atoms with Crippen LogP contribution in [0.5, 0.6) is 11.5 Å². The van der Waals surface area contributed by atoms with Crippen molar-refractivity contribution in [2.45, 2.75) is 6.54 Å². The van der Waals surface area contributed by atoms with Crippen molar-refractivity contribution in [3.8, 4) is 11.5 Å². The number of carbonyl (C=O) groups is 1. The van der Waals surface area contributed by atoms with Gasteiger partial charge in [0.05, 0.1) is 7.11 Å². The van der Waals surface area contributed by atoms with Crippen LogP contribution in [-0.4, -0.2) is 56.3 Å². The lowest BCUT2D eigenvalue weighted by Crippen LogP contribution is -2.46. The first-order valence-electron chi connectivity index (χ1n) is 8.64. The summed E-state index contributed by atoms with van der Waals surface area (Å²) in [5, 5.41) is 2.43. The van der Waals surface area contributed by atoms with Crippen LogP contribution in [-0.2, 0) is 6.54 Å². The lowest BCUT2D eigenvalue weighted by molar-refractivity contribution is 0.200. The zero-order valence-corrected chi connectivity index (χ0v) is 15.1. The van der Waals surface area contributed by atoms with E-state index in [1.165, 1.54) is 7.05 Å². The SMILES string of the molecule is CNC(=O)Oc1ccc(CN2CCN(c3ccccn3)CC2)cc1OC. The van der Waals surface area contributed by atoms with Crippen molar-refractivity contribution in [1.29, 1.82) is 0 Å². The molecule has 138 valence electrons. The van der Waals surface area contributed by atoms with Crippen molar-refractivity contribution < 1.29 is 14.3 Å². The van der Waals surface area contributed by atoms with E-state index in [-0.39, 0.29) is 0 Å². The summed E-state index contributed by atoms with van der Waals surface area (Å²) < 4.78 is 10.5. The van der Waals surface area contributed by atoms with E-state index >= 15 is 0 Å². The molecule has 0 saturated carbocycles. The van der Waals surface area contributed by atoms with E-state index in [4.69, 9.17) is 9.47 Å². The molecule has 2 aromatic rings. The number of nitrogens with zero attached hydrogens (tertiary/aromatic N) is 3. The molecule has 0 atom stereocenters. The van der Waals surface area contributed by atoms with E-state index in [0.717, 1.165) is 44.1 Å². The highest BCUT2D eigenvalue weighted by Gasteiger charge is 2.18. The number of benzene rings is 1.